The Balaban J connectivity index is 1.55. The van der Waals surface area contributed by atoms with Crippen LogP contribution in [0.15, 0.2) is 83.1 Å². The molecular weight excluding hydrogens is 375 g/mol. The van der Waals surface area contributed by atoms with E-state index in [1.165, 1.54) is 17.8 Å². The number of aromatic nitrogens is 4. The lowest BCUT2D eigenvalue weighted by Crippen LogP contribution is -2.01. The highest BCUT2D eigenvalue weighted by Crippen LogP contribution is 2.28. The lowest BCUT2D eigenvalue weighted by Gasteiger charge is -2.07. The molecule has 0 saturated heterocycles. The van der Waals surface area contributed by atoms with Gasteiger partial charge in [-0.1, -0.05) is 48.2 Å². The fourth-order valence-corrected chi connectivity index (χ4v) is 3.58. The molecule has 2 heterocycles. The first kappa shape index (κ1) is 18.2. The smallest absolute Gasteiger partial charge is 0.226 e. The lowest BCUT2D eigenvalue weighted by molar-refractivity contribution is 0.573. The molecule has 0 aliphatic carbocycles. The SMILES string of the molecule is C=CCn1c(SCc2coc(-c3ccccc3)n2)nnc1-c1ccccc1F. The van der Waals surface area contributed by atoms with Crippen LogP contribution < -0.4 is 0 Å². The Morgan fingerprint density at radius 3 is 2.64 bits per heavy atom. The number of thioether (sulfide) groups is 1. The third kappa shape index (κ3) is 3.75. The van der Waals surface area contributed by atoms with Crippen LogP contribution in [0.1, 0.15) is 5.69 Å². The second-order valence-corrected chi connectivity index (χ2v) is 6.93. The molecule has 28 heavy (non-hydrogen) atoms. The molecule has 0 aliphatic rings. The summed E-state index contributed by atoms with van der Waals surface area (Å²) in [5, 5.41) is 9.10. The van der Waals surface area contributed by atoms with Crippen LogP contribution in [0.25, 0.3) is 22.8 Å². The van der Waals surface area contributed by atoms with Crippen LogP contribution in [0.4, 0.5) is 4.39 Å². The standard InChI is InChI=1S/C21H17FN4OS/c1-2-12-26-19(17-10-6-7-11-18(17)22)24-25-21(26)28-14-16-13-27-20(23-16)15-8-4-3-5-9-15/h2-11,13H,1,12,14H2. The van der Waals surface area contributed by atoms with Crippen LogP contribution in [0.2, 0.25) is 0 Å². The first-order chi connectivity index (χ1) is 13.8. The first-order valence-electron chi connectivity index (χ1n) is 8.68. The van der Waals surface area contributed by atoms with Gasteiger partial charge in [-0.05, 0) is 24.3 Å². The molecule has 0 amide bonds. The van der Waals surface area contributed by atoms with Crippen molar-refractivity contribution >= 4 is 11.8 Å². The van der Waals surface area contributed by atoms with Crippen LogP contribution in [0.5, 0.6) is 0 Å². The second kappa shape index (κ2) is 8.22. The van der Waals surface area contributed by atoms with Gasteiger partial charge in [0.15, 0.2) is 11.0 Å². The third-order valence-electron chi connectivity index (χ3n) is 4.06. The van der Waals surface area contributed by atoms with Gasteiger partial charge in [0.2, 0.25) is 5.89 Å². The lowest BCUT2D eigenvalue weighted by atomic mass is 10.2. The summed E-state index contributed by atoms with van der Waals surface area (Å²) in [6.45, 7) is 4.26. The van der Waals surface area contributed by atoms with Gasteiger partial charge in [-0.3, -0.25) is 4.57 Å². The maximum Gasteiger partial charge on any atom is 0.226 e. The number of rotatable bonds is 7. The quantitative estimate of drug-likeness (QED) is 0.319. The Kier molecular flexibility index (Phi) is 5.34. The fraction of sp³-hybridized carbons (Fsp3) is 0.0952. The summed E-state index contributed by atoms with van der Waals surface area (Å²) < 4.78 is 21.6. The molecule has 5 nitrogen and oxygen atoms in total. The molecule has 4 rings (SSSR count). The molecule has 0 saturated carbocycles. The number of hydrogen-bond donors (Lipinski definition) is 0. The Morgan fingerprint density at radius 1 is 1.07 bits per heavy atom. The molecule has 0 radical (unpaired) electrons. The van der Waals surface area contributed by atoms with Gasteiger partial charge in [0, 0.05) is 17.9 Å². The van der Waals surface area contributed by atoms with E-state index < -0.39 is 0 Å². The number of benzene rings is 2. The van der Waals surface area contributed by atoms with Crippen LogP contribution >= 0.6 is 11.8 Å². The minimum atomic E-state index is -0.333. The number of halogens is 1. The van der Waals surface area contributed by atoms with Crippen LogP contribution in [0, 0.1) is 5.82 Å². The topological polar surface area (TPSA) is 56.7 Å². The molecule has 0 aliphatic heterocycles. The minimum absolute atomic E-state index is 0.333. The Morgan fingerprint density at radius 2 is 1.86 bits per heavy atom. The van der Waals surface area contributed by atoms with E-state index in [9.17, 15) is 4.39 Å². The monoisotopic (exact) mass is 392 g/mol. The summed E-state index contributed by atoms with van der Waals surface area (Å²) in [6.07, 6.45) is 3.38. The van der Waals surface area contributed by atoms with Crippen molar-refractivity contribution < 1.29 is 8.81 Å². The fourth-order valence-electron chi connectivity index (χ4n) is 2.76. The van der Waals surface area contributed by atoms with E-state index in [1.54, 1.807) is 30.5 Å². The number of hydrogen-bond acceptors (Lipinski definition) is 5. The molecule has 4 aromatic rings. The zero-order valence-electron chi connectivity index (χ0n) is 15.0. The average molecular weight is 392 g/mol. The van der Waals surface area contributed by atoms with E-state index in [-0.39, 0.29) is 5.82 Å². The maximum atomic E-state index is 14.2. The van der Waals surface area contributed by atoms with E-state index in [0.717, 1.165) is 11.3 Å². The van der Waals surface area contributed by atoms with E-state index in [2.05, 4.69) is 21.8 Å². The van der Waals surface area contributed by atoms with Gasteiger partial charge < -0.3 is 4.42 Å². The molecule has 2 aromatic heterocycles. The second-order valence-electron chi connectivity index (χ2n) is 5.98. The summed E-state index contributed by atoms with van der Waals surface area (Å²) >= 11 is 1.47. The van der Waals surface area contributed by atoms with Gasteiger partial charge in [-0.15, -0.1) is 16.8 Å². The van der Waals surface area contributed by atoms with Gasteiger partial charge in [-0.25, -0.2) is 9.37 Å². The maximum absolute atomic E-state index is 14.2. The minimum Gasteiger partial charge on any atom is -0.444 e. The zero-order valence-corrected chi connectivity index (χ0v) is 15.8. The van der Waals surface area contributed by atoms with E-state index in [4.69, 9.17) is 4.42 Å². The van der Waals surface area contributed by atoms with Crippen molar-refractivity contribution in [2.75, 3.05) is 0 Å². The van der Waals surface area contributed by atoms with Crippen molar-refractivity contribution in [3.8, 4) is 22.8 Å². The first-order valence-corrected chi connectivity index (χ1v) is 9.66. The molecule has 0 atom stereocenters. The van der Waals surface area contributed by atoms with E-state index >= 15 is 0 Å². The number of nitrogens with zero attached hydrogens (tertiary/aromatic N) is 4. The average Bonchev–Trinajstić information content (AvgIpc) is 3.35. The van der Waals surface area contributed by atoms with Crippen LogP contribution in [0.3, 0.4) is 0 Å². The zero-order chi connectivity index (χ0) is 19.3. The highest BCUT2D eigenvalue weighted by atomic mass is 32.2. The van der Waals surface area contributed by atoms with Gasteiger partial charge in [0.05, 0.1) is 11.3 Å². The molecule has 0 bridgehead atoms. The van der Waals surface area contributed by atoms with Crippen molar-refractivity contribution in [3.63, 3.8) is 0 Å². The highest BCUT2D eigenvalue weighted by molar-refractivity contribution is 7.98. The predicted molar refractivity (Wildman–Crippen MR) is 107 cm³/mol. The van der Waals surface area contributed by atoms with Crippen molar-refractivity contribution in [2.24, 2.45) is 0 Å². The van der Waals surface area contributed by atoms with Gasteiger partial charge >= 0.3 is 0 Å². The molecule has 0 unspecified atom stereocenters. The Bertz CT molecular complexity index is 1090. The summed E-state index contributed by atoms with van der Waals surface area (Å²) in [6, 6.07) is 16.3. The molecule has 0 N–H and O–H groups in total. The normalized spacial score (nSPS) is 10.9. The molecule has 0 spiro atoms. The molecular formula is C21H17FN4OS. The summed E-state index contributed by atoms with van der Waals surface area (Å²) in [4.78, 5) is 4.53. The van der Waals surface area contributed by atoms with Crippen molar-refractivity contribution in [2.45, 2.75) is 17.5 Å². The predicted octanol–water partition coefficient (Wildman–Crippen LogP) is 5.22. The van der Waals surface area contributed by atoms with E-state index in [0.29, 0.717) is 34.7 Å². The molecule has 140 valence electrons. The van der Waals surface area contributed by atoms with Crippen molar-refractivity contribution in [1.82, 2.24) is 19.7 Å². The van der Waals surface area contributed by atoms with Crippen LogP contribution in [-0.4, -0.2) is 19.7 Å². The van der Waals surface area contributed by atoms with Gasteiger partial charge in [0.25, 0.3) is 0 Å². The summed E-state index contributed by atoms with van der Waals surface area (Å²) in [5.41, 5.74) is 2.14. The van der Waals surface area contributed by atoms with E-state index in [1.807, 2.05) is 34.9 Å². The highest BCUT2D eigenvalue weighted by Gasteiger charge is 2.17. The van der Waals surface area contributed by atoms with Gasteiger partial charge in [0.1, 0.15) is 12.1 Å². The Hall–Kier alpha value is -3.19. The van der Waals surface area contributed by atoms with Crippen molar-refractivity contribution in [3.05, 3.63) is 85.0 Å². The number of allylic oxidation sites excluding steroid dienone is 1. The molecule has 2 aromatic carbocycles. The third-order valence-corrected chi connectivity index (χ3v) is 5.07. The molecule has 0 fully saturated rings. The summed E-state index contributed by atoms with van der Waals surface area (Å²) in [7, 11) is 0. The molecule has 7 heteroatoms. The number of oxazole rings is 1. The van der Waals surface area contributed by atoms with Gasteiger partial charge in [-0.2, -0.15) is 0 Å². The largest absolute Gasteiger partial charge is 0.444 e. The Labute approximate surface area is 166 Å². The summed E-state index contributed by atoms with van der Waals surface area (Å²) in [5.74, 6) is 1.28. The van der Waals surface area contributed by atoms with Crippen LogP contribution in [-0.2, 0) is 12.3 Å². The van der Waals surface area contributed by atoms with Crippen molar-refractivity contribution in [1.29, 1.82) is 0 Å².